The van der Waals surface area contributed by atoms with Crippen molar-refractivity contribution in [2.24, 2.45) is 5.92 Å². The molecule has 17 heavy (non-hydrogen) atoms. The molecule has 0 radical (unpaired) electrons. The van der Waals surface area contributed by atoms with Crippen LogP contribution in [0.4, 0.5) is 0 Å². The molecule has 0 saturated carbocycles. The van der Waals surface area contributed by atoms with E-state index >= 15 is 0 Å². The van der Waals surface area contributed by atoms with E-state index in [-0.39, 0.29) is 0 Å². The van der Waals surface area contributed by atoms with Gasteiger partial charge < -0.3 is 5.32 Å². The summed E-state index contributed by atoms with van der Waals surface area (Å²) >= 11 is 0. The first kappa shape index (κ1) is 15.2. The lowest BCUT2D eigenvalue weighted by atomic mass is 10.1. The van der Waals surface area contributed by atoms with Gasteiger partial charge in [0.1, 0.15) is 0 Å². The predicted molar refractivity (Wildman–Crippen MR) is 78.5 cm³/mol. The highest BCUT2D eigenvalue weighted by molar-refractivity contribution is 5.21. The number of hydrogen-bond donors (Lipinski definition) is 1. The van der Waals surface area contributed by atoms with Crippen LogP contribution in [0.15, 0.2) is 73.2 Å². The van der Waals surface area contributed by atoms with Crippen LogP contribution in [0, 0.1) is 5.92 Å². The molecular formula is C16H23N. The van der Waals surface area contributed by atoms with Crippen LogP contribution in [0.25, 0.3) is 0 Å². The van der Waals surface area contributed by atoms with Gasteiger partial charge >= 0.3 is 0 Å². The van der Waals surface area contributed by atoms with Crippen molar-refractivity contribution in [1.82, 2.24) is 5.32 Å². The molecule has 0 aliphatic rings. The first-order valence-corrected chi connectivity index (χ1v) is 5.83. The number of nitrogens with one attached hydrogen (secondary N) is 1. The van der Waals surface area contributed by atoms with E-state index in [4.69, 9.17) is 0 Å². The van der Waals surface area contributed by atoms with Crippen molar-refractivity contribution in [1.29, 1.82) is 0 Å². The van der Waals surface area contributed by atoms with Gasteiger partial charge in [0.25, 0.3) is 0 Å². The molecule has 1 N–H and O–H groups in total. The maximum atomic E-state index is 3.91. The van der Waals surface area contributed by atoms with E-state index in [1.807, 2.05) is 44.2 Å². The number of allylic oxidation sites excluding steroid dienone is 9. The van der Waals surface area contributed by atoms with Gasteiger partial charge in [-0.3, -0.25) is 0 Å². The van der Waals surface area contributed by atoms with Crippen molar-refractivity contribution in [2.75, 3.05) is 0 Å². The van der Waals surface area contributed by atoms with E-state index < -0.39 is 0 Å². The van der Waals surface area contributed by atoms with Crippen molar-refractivity contribution < 1.29 is 0 Å². The van der Waals surface area contributed by atoms with Gasteiger partial charge in [-0.15, -0.1) is 0 Å². The van der Waals surface area contributed by atoms with E-state index in [0.29, 0.717) is 5.92 Å². The van der Waals surface area contributed by atoms with Gasteiger partial charge in [-0.25, -0.2) is 0 Å². The Labute approximate surface area is 106 Å². The Morgan fingerprint density at radius 2 is 1.82 bits per heavy atom. The number of hydrogen-bond acceptors (Lipinski definition) is 1. The first-order chi connectivity index (χ1) is 8.10. The zero-order chi connectivity index (χ0) is 13.1. The summed E-state index contributed by atoms with van der Waals surface area (Å²) in [4.78, 5) is 0. The average molecular weight is 229 g/mol. The van der Waals surface area contributed by atoms with Crippen LogP contribution in [0.2, 0.25) is 0 Å². The zero-order valence-electron chi connectivity index (χ0n) is 11.1. The molecule has 0 amide bonds. The van der Waals surface area contributed by atoms with Crippen LogP contribution in [0.3, 0.4) is 0 Å². The molecule has 0 rings (SSSR count). The van der Waals surface area contributed by atoms with E-state index in [0.717, 1.165) is 11.4 Å². The Bertz CT molecular complexity index is 354. The van der Waals surface area contributed by atoms with E-state index in [1.165, 1.54) is 0 Å². The fourth-order valence-corrected chi connectivity index (χ4v) is 1.10. The van der Waals surface area contributed by atoms with Crippen LogP contribution in [0.1, 0.15) is 20.8 Å². The normalized spacial score (nSPS) is 14.6. The van der Waals surface area contributed by atoms with Crippen LogP contribution in [0.5, 0.6) is 0 Å². The molecule has 0 spiro atoms. The SMILES string of the molecule is C=C/C=C/C(C)/C=C\C=C/C(=C)N/C(C)=C/C. The highest BCUT2D eigenvalue weighted by Crippen LogP contribution is 2.00. The van der Waals surface area contributed by atoms with Gasteiger partial charge in [0, 0.05) is 11.4 Å². The standard InChI is InChI=1S/C16H23N/c1-6-8-11-14(3)12-9-10-13-16(5)17-15(4)7-2/h6-14,17H,1,5H2,2-4H3/b11-8+,12-9-,13-10-,15-7+. The molecule has 0 saturated heterocycles. The van der Waals surface area contributed by atoms with E-state index in [9.17, 15) is 0 Å². The minimum absolute atomic E-state index is 0.413. The highest BCUT2D eigenvalue weighted by Gasteiger charge is 1.87. The summed E-state index contributed by atoms with van der Waals surface area (Å²) in [5.74, 6) is 0.413. The van der Waals surface area contributed by atoms with E-state index in [2.05, 4.69) is 37.6 Å². The smallest absolute Gasteiger partial charge is 0.0308 e. The molecule has 1 unspecified atom stereocenters. The first-order valence-electron chi connectivity index (χ1n) is 5.83. The Balaban J connectivity index is 4.10. The Hall–Kier alpha value is -1.76. The minimum Gasteiger partial charge on any atom is -0.360 e. The Kier molecular flexibility index (Phi) is 8.48. The zero-order valence-corrected chi connectivity index (χ0v) is 11.1. The molecule has 0 aromatic rings. The molecule has 0 aromatic carbocycles. The van der Waals surface area contributed by atoms with Crippen molar-refractivity contribution >= 4 is 0 Å². The molecule has 0 aliphatic heterocycles. The Morgan fingerprint density at radius 1 is 1.18 bits per heavy atom. The topological polar surface area (TPSA) is 12.0 Å². The van der Waals surface area contributed by atoms with Crippen molar-refractivity contribution in [3.63, 3.8) is 0 Å². The van der Waals surface area contributed by atoms with Gasteiger partial charge in [0.2, 0.25) is 0 Å². The quantitative estimate of drug-likeness (QED) is 0.634. The maximum Gasteiger partial charge on any atom is 0.0308 e. The molecule has 1 heteroatoms. The van der Waals surface area contributed by atoms with Crippen LogP contribution in [-0.4, -0.2) is 0 Å². The second kappa shape index (κ2) is 9.46. The van der Waals surface area contributed by atoms with Gasteiger partial charge in [0.15, 0.2) is 0 Å². The molecule has 0 fully saturated rings. The predicted octanol–water partition coefficient (Wildman–Crippen LogP) is 4.50. The largest absolute Gasteiger partial charge is 0.360 e. The summed E-state index contributed by atoms with van der Waals surface area (Å²) in [5.41, 5.74) is 1.99. The average Bonchev–Trinajstić information content (AvgIpc) is 2.31. The fourth-order valence-electron chi connectivity index (χ4n) is 1.10. The lowest BCUT2D eigenvalue weighted by Crippen LogP contribution is -2.06. The minimum atomic E-state index is 0.413. The van der Waals surface area contributed by atoms with Gasteiger partial charge in [-0.05, 0) is 25.8 Å². The number of rotatable bonds is 7. The molecule has 0 aliphatic carbocycles. The second-order valence-electron chi connectivity index (χ2n) is 3.85. The van der Waals surface area contributed by atoms with Crippen molar-refractivity contribution in [3.8, 4) is 0 Å². The maximum absolute atomic E-state index is 3.91. The molecule has 0 bridgehead atoms. The molecule has 0 heterocycles. The van der Waals surface area contributed by atoms with Crippen molar-refractivity contribution in [3.05, 3.63) is 73.2 Å². The summed E-state index contributed by atoms with van der Waals surface area (Å²) in [6.45, 7) is 13.7. The third-order valence-electron chi connectivity index (χ3n) is 2.16. The van der Waals surface area contributed by atoms with Crippen molar-refractivity contribution in [2.45, 2.75) is 20.8 Å². The summed E-state index contributed by atoms with van der Waals surface area (Å²) in [5, 5.41) is 3.17. The third kappa shape index (κ3) is 9.19. The Morgan fingerprint density at radius 3 is 2.41 bits per heavy atom. The molecular weight excluding hydrogens is 206 g/mol. The molecule has 1 atom stereocenters. The molecule has 0 aromatic heterocycles. The van der Waals surface area contributed by atoms with Crippen LogP contribution >= 0.6 is 0 Å². The third-order valence-corrected chi connectivity index (χ3v) is 2.16. The molecule has 92 valence electrons. The summed E-state index contributed by atoms with van der Waals surface area (Å²) in [7, 11) is 0. The van der Waals surface area contributed by atoms with Gasteiger partial charge in [0.05, 0.1) is 0 Å². The second-order valence-corrected chi connectivity index (χ2v) is 3.85. The van der Waals surface area contributed by atoms with Crippen LogP contribution in [-0.2, 0) is 0 Å². The summed E-state index contributed by atoms with van der Waals surface area (Å²) in [6.07, 6.45) is 15.9. The summed E-state index contributed by atoms with van der Waals surface area (Å²) < 4.78 is 0. The fraction of sp³-hybridized carbons (Fsp3) is 0.250. The van der Waals surface area contributed by atoms with Gasteiger partial charge in [-0.2, -0.15) is 0 Å². The van der Waals surface area contributed by atoms with E-state index in [1.54, 1.807) is 6.08 Å². The molecule has 1 nitrogen and oxygen atoms in total. The lowest BCUT2D eigenvalue weighted by Gasteiger charge is -2.03. The summed E-state index contributed by atoms with van der Waals surface area (Å²) in [6, 6.07) is 0. The monoisotopic (exact) mass is 229 g/mol. The highest BCUT2D eigenvalue weighted by atomic mass is 14.9. The lowest BCUT2D eigenvalue weighted by molar-refractivity contribution is 0.940. The van der Waals surface area contributed by atoms with Crippen LogP contribution < -0.4 is 5.32 Å². The van der Waals surface area contributed by atoms with Gasteiger partial charge in [-0.1, -0.05) is 62.6 Å².